The zero-order chi connectivity index (χ0) is 12.8. The Morgan fingerprint density at radius 1 is 0.632 bits per heavy atom. The summed E-state index contributed by atoms with van der Waals surface area (Å²) in [5, 5.41) is 2.80. The lowest BCUT2D eigenvalue weighted by Gasteiger charge is -2.05. The fourth-order valence-corrected chi connectivity index (χ4v) is 2.64. The van der Waals surface area contributed by atoms with Crippen molar-refractivity contribution in [2.75, 3.05) is 0 Å². The third-order valence-electron chi connectivity index (χ3n) is 3.31. The van der Waals surface area contributed by atoms with Crippen LogP contribution >= 0.6 is 11.6 Å². The fraction of sp³-hybridized carbons (Fsp3) is 0. The third-order valence-corrected chi connectivity index (χ3v) is 3.64. The summed E-state index contributed by atoms with van der Waals surface area (Å²) >= 11 is 6.23. The highest BCUT2D eigenvalue weighted by Gasteiger charge is 2.06. The van der Waals surface area contributed by atoms with E-state index in [1.807, 2.05) is 54.6 Å². The van der Waals surface area contributed by atoms with E-state index in [9.17, 15) is 0 Å². The largest absolute Gasteiger partial charge is 0.244 e. The molecule has 0 amide bonds. The van der Waals surface area contributed by atoms with Crippen molar-refractivity contribution in [1.29, 1.82) is 0 Å². The van der Waals surface area contributed by atoms with E-state index in [2.05, 4.69) is 4.98 Å². The molecule has 4 aromatic rings. The molecule has 0 aliphatic carbocycles. The molecule has 0 aliphatic heterocycles. The Labute approximate surface area is 114 Å². The normalized spacial score (nSPS) is 11.4. The lowest BCUT2D eigenvalue weighted by atomic mass is 10.1. The van der Waals surface area contributed by atoms with Crippen LogP contribution in [0, 0.1) is 0 Å². The molecule has 3 aromatic carbocycles. The number of para-hydroxylation sites is 2. The SMILES string of the molecule is Clc1cccc2c1ccc1nc3ccccc3nc12. The van der Waals surface area contributed by atoms with Gasteiger partial charge >= 0.3 is 0 Å². The van der Waals surface area contributed by atoms with Crippen LogP contribution in [0.1, 0.15) is 0 Å². The number of hydrogen-bond donors (Lipinski definition) is 0. The van der Waals surface area contributed by atoms with E-state index in [1.165, 1.54) is 0 Å². The van der Waals surface area contributed by atoms with Gasteiger partial charge in [0, 0.05) is 15.8 Å². The number of hydrogen-bond acceptors (Lipinski definition) is 2. The van der Waals surface area contributed by atoms with Gasteiger partial charge < -0.3 is 0 Å². The van der Waals surface area contributed by atoms with Crippen molar-refractivity contribution in [2.45, 2.75) is 0 Å². The first-order valence-corrected chi connectivity index (χ1v) is 6.44. The Hall–Kier alpha value is -2.19. The Morgan fingerprint density at radius 3 is 2.26 bits per heavy atom. The van der Waals surface area contributed by atoms with Gasteiger partial charge in [-0.1, -0.05) is 41.9 Å². The highest BCUT2D eigenvalue weighted by molar-refractivity contribution is 6.36. The van der Waals surface area contributed by atoms with Gasteiger partial charge in [-0.05, 0) is 24.3 Å². The van der Waals surface area contributed by atoms with Crippen LogP contribution in [0.4, 0.5) is 0 Å². The topological polar surface area (TPSA) is 25.8 Å². The zero-order valence-electron chi connectivity index (χ0n) is 9.97. The minimum atomic E-state index is 0.745. The monoisotopic (exact) mass is 264 g/mol. The third kappa shape index (κ3) is 1.57. The highest BCUT2D eigenvalue weighted by Crippen LogP contribution is 2.29. The second-order valence-corrected chi connectivity index (χ2v) is 4.89. The van der Waals surface area contributed by atoms with Crippen molar-refractivity contribution in [2.24, 2.45) is 0 Å². The molecule has 0 aliphatic rings. The van der Waals surface area contributed by atoms with E-state index in [1.54, 1.807) is 0 Å². The molecule has 0 atom stereocenters. The molecule has 2 nitrogen and oxygen atoms in total. The number of aromatic nitrogens is 2. The van der Waals surface area contributed by atoms with Gasteiger partial charge in [0.2, 0.25) is 0 Å². The molecule has 0 radical (unpaired) electrons. The summed E-state index contributed by atoms with van der Waals surface area (Å²) in [7, 11) is 0. The maximum atomic E-state index is 6.23. The Morgan fingerprint density at radius 2 is 1.42 bits per heavy atom. The molecule has 0 fully saturated rings. The van der Waals surface area contributed by atoms with Crippen LogP contribution < -0.4 is 0 Å². The summed E-state index contributed by atoms with van der Waals surface area (Å²) in [6.07, 6.45) is 0. The average Bonchev–Trinajstić information content (AvgIpc) is 2.45. The molecule has 1 heterocycles. The second-order valence-electron chi connectivity index (χ2n) is 4.48. The molecule has 3 heteroatoms. The van der Waals surface area contributed by atoms with E-state index >= 15 is 0 Å². The van der Waals surface area contributed by atoms with Gasteiger partial charge in [-0.2, -0.15) is 0 Å². The fourth-order valence-electron chi connectivity index (χ4n) is 2.40. The van der Waals surface area contributed by atoms with Crippen LogP contribution in [0.5, 0.6) is 0 Å². The van der Waals surface area contributed by atoms with Crippen LogP contribution in [0.3, 0.4) is 0 Å². The number of halogens is 1. The van der Waals surface area contributed by atoms with Gasteiger partial charge in [0.1, 0.15) is 0 Å². The van der Waals surface area contributed by atoms with E-state index < -0.39 is 0 Å². The van der Waals surface area contributed by atoms with Crippen LogP contribution in [0.2, 0.25) is 5.02 Å². The Balaban J connectivity index is 2.26. The first-order valence-electron chi connectivity index (χ1n) is 6.07. The number of fused-ring (bicyclic) bond motifs is 4. The van der Waals surface area contributed by atoms with Crippen LogP contribution in [0.25, 0.3) is 32.8 Å². The Kier molecular flexibility index (Phi) is 2.20. The van der Waals surface area contributed by atoms with Gasteiger partial charge in [-0.25, -0.2) is 9.97 Å². The molecular weight excluding hydrogens is 256 g/mol. The molecule has 0 spiro atoms. The lowest BCUT2D eigenvalue weighted by molar-refractivity contribution is 1.41. The minimum absolute atomic E-state index is 0.745. The Bertz CT molecular complexity index is 931. The average molecular weight is 265 g/mol. The molecule has 0 N–H and O–H groups in total. The molecule has 4 rings (SSSR count). The van der Waals surface area contributed by atoms with Crippen LogP contribution in [-0.2, 0) is 0 Å². The summed E-state index contributed by atoms with van der Waals surface area (Å²) in [4.78, 5) is 9.38. The standard InChI is InChI=1S/C16H9ClN2/c17-12-5-3-4-11-10(12)8-9-15-16(11)19-14-7-2-1-6-13(14)18-15/h1-9H. The number of nitrogens with zero attached hydrogens (tertiary/aromatic N) is 2. The number of rotatable bonds is 0. The van der Waals surface area contributed by atoms with E-state index in [4.69, 9.17) is 16.6 Å². The summed E-state index contributed by atoms with van der Waals surface area (Å²) in [6.45, 7) is 0. The van der Waals surface area contributed by atoms with Gasteiger partial charge in [-0.15, -0.1) is 0 Å². The summed E-state index contributed by atoms with van der Waals surface area (Å²) in [5.41, 5.74) is 3.62. The predicted octanol–water partition coefficient (Wildman–Crippen LogP) is 4.59. The van der Waals surface area contributed by atoms with Gasteiger partial charge in [0.15, 0.2) is 0 Å². The van der Waals surface area contributed by atoms with Crippen molar-refractivity contribution in [3.63, 3.8) is 0 Å². The first kappa shape index (κ1) is 10.7. The minimum Gasteiger partial charge on any atom is -0.244 e. The molecule has 0 saturated carbocycles. The molecule has 0 saturated heterocycles. The molecule has 0 unspecified atom stereocenters. The molecule has 19 heavy (non-hydrogen) atoms. The molecule has 1 aromatic heterocycles. The van der Waals surface area contributed by atoms with E-state index in [0.717, 1.165) is 37.9 Å². The van der Waals surface area contributed by atoms with E-state index in [0.29, 0.717) is 0 Å². The van der Waals surface area contributed by atoms with Crippen molar-refractivity contribution < 1.29 is 0 Å². The maximum Gasteiger partial charge on any atom is 0.0973 e. The van der Waals surface area contributed by atoms with Crippen molar-refractivity contribution in [1.82, 2.24) is 9.97 Å². The second kappa shape index (κ2) is 3.90. The van der Waals surface area contributed by atoms with Crippen molar-refractivity contribution in [3.05, 3.63) is 59.6 Å². The summed E-state index contributed by atoms with van der Waals surface area (Å²) in [5.74, 6) is 0. The van der Waals surface area contributed by atoms with Gasteiger partial charge in [0.05, 0.1) is 22.1 Å². The zero-order valence-corrected chi connectivity index (χ0v) is 10.7. The highest BCUT2D eigenvalue weighted by atomic mass is 35.5. The van der Waals surface area contributed by atoms with Crippen LogP contribution in [0.15, 0.2) is 54.6 Å². The molecular formula is C16H9ClN2. The maximum absolute atomic E-state index is 6.23. The molecule has 90 valence electrons. The quantitative estimate of drug-likeness (QED) is 0.343. The van der Waals surface area contributed by atoms with Crippen molar-refractivity contribution in [3.8, 4) is 0 Å². The van der Waals surface area contributed by atoms with E-state index in [-0.39, 0.29) is 0 Å². The van der Waals surface area contributed by atoms with Gasteiger partial charge in [-0.3, -0.25) is 0 Å². The summed E-state index contributed by atoms with van der Waals surface area (Å²) < 4.78 is 0. The van der Waals surface area contributed by atoms with Gasteiger partial charge in [0.25, 0.3) is 0 Å². The lowest BCUT2D eigenvalue weighted by Crippen LogP contribution is -1.88. The van der Waals surface area contributed by atoms with Crippen molar-refractivity contribution >= 4 is 44.4 Å². The first-order chi connectivity index (χ1) is 9.33. The number of benzene rings is 3. The summed E-state index contributed by atoms with van der Waals surface area (Å²) in [6, 6.07) is 17.8. The molecule has 0 bridgehead atoms. The predicted molar refractivity (Wildman–Crippen MR) is 79.6 cm³/mol. The van der Waals surface area contributed by atoms with Crippen LogP contribution in [-0.4, -0.2) is 9.97 Å². The smallest absolute Gasteiger partial charge is 0.0973 e.